The minimum absolute atomic E-state index is 0.0348. The second kappa shape index (κ2) is 7.28. The van der Waals surface area contributed by atoms with Gasteiger partial charge in [0, 0.05) is 12.6 Å². The van der Waals surface area contributed by atoms with Crippen molar-refractivity contribution in [2.75, 3.05) is 6.54 Å². The van der Waals surface area contributed by atoms with Gasteiger partial charge in [-0.3, -0.25) is 0 Å². The molecule has 0 aromatic heterocycles. The molecule has 5 heteroatoms. The van der Waals surface area contributed by atoms with Crippen molar-refractivity contribution in [1.29, 1.82) is 0 Å². The van der Waals surface area contributed by atoms with Gasteiger partial charge in [0.1, 0.15) is 5.75 Å². The Kier molecular flexibility index (Phi) is 6.01. The quantitative estimate of drug-likeness (QED) is 0.791. The highest BCUT2D eigenvalue weighted by Crippen LogP contribution is 2.20. The molecule has 102 valence electrons. The van der Waals surface area contributed by atoms with Gasteiger partial charge in [-0.2, -0.15) is 8.78 Å². The molecule has 0 aliphatic carbocycles. The summed E-state index contributed by atoms with van der Waals surface area (Å²) >= 11 is 0. The first-order chi connectivity index (χ1) is 8.52. The maximum Gasteiger partial charge on any atom is 0.387 e. The number of rotatable bonds is 7. The summed E-state index contributed by atoms with van der Waals surface area (Å²) in [6.45, 7) is 1.46. The van der Waals surface area contributed by atoms with E-state index in [1.165, 1.54) is 6.07 Å². The average molecular weight is 259 g/mol. The van der Waals surface area contributed by atoms with E-state index in [1.54, 1.807) is 12.1 Å². The molecule has 0 spiro atoms. The number of alkyl halides is 2. The smallest absolute Gasteiger partial charge is 0.387 e. The zero-order chi connectivity index (χ0) is 13.5. The molecule has 3 nitrogen and oxygen atoms in total. The minimum Gasteiger partial charge on any atom is -0.435 e. The lowest BCUT2D eigenvalue weighted by Crippen LogP contribution is -2.28. The van der Waals surface area contributed by atoms with Crippen molar-refractivity contribution in [3.8, 4) is 5.75 Å². The van der Waals surface area contributed by atoms with Gasteiger partial charge in [-0.1, -0.05) is 19.1 Å². The van der Waals surface area contributed by atoms with E-state index in [2.05, 4.69) is 10.1 Å². The van der Waals surface area contributed by atoms with E-state index >= 15 is 0 Å². The Balaban J connectivity index is 2.59. The maximum absolute atomic E-state index is 12.1. The number of hydrogen-bond acceptors (Lipinski definition) is 3. The fraction of sp³-hybridized carbons (Fsp3) is 0.538. The number of hydrogen-bond donors (Lipinski definition) is 2. The normalized spacial score (nSPS) is 14.6. The third kappa shape index (κ3) is 4.98. The van der Waals surface area contributed by atoms with Gasteiger partial charge in [-0.05, 0) is 31.0 Å². The average Bonchev–Trinajstić information content (AvgIpc) is 2.35. The fourth-order valence-electron chi connectivity index (χ4n) is 1.54. The van der Waals surface area contributed by atoms with Gasteiger partial charge < -0.3 is 15.2 Å². The Morgan fingerprint density at radius 1 is 1.39 bits per heavy atom. The summed E-state index contributed by atoms with van der Waals surface area (Å²) < 4.78 is 28.5. The highest BCUT2D eigenvalue weighted by molar-refractivity contribution is 5.30. The van der Waals surface area contributed by atoms with Crippen molar-refractivity contribution >= 4 is 0 Å². The largest absolute Gasteiger partial charge is 0.435 e. The van der Waals surface area contributed by atoms with Crippen molar-refractivity contribution in [3.63, 3.8) is 0 Å². The number of nitrogens with one attached hydrogen (secondary N) is 1. The summed E-state index contributed by atoms with van der Waals surface area (Å²) in [6, 6.07) is 6.52. The first kappa shape index (κ1) is 14.9. The van der Waals surface area contributed by atoms with Crippen LogP contribution in [-0.2, 0) is 0 Å². The van der Waals surface area contributed by atoms with Crippen LogP contribution in [0.1, 0.15) is 31.9 Å². The van der Waals surface area contributed by atoms with Crippen LogP contribution in [0.4, 0.5) is 8.78 Å². The van der Waals surface area contributed by atoms with Crippen LogP contribution in [0.25, 0.3) is 0 Å². The van der Waals surface area contributed by atoms with Crippen LogP contribution in [0.2, 0.25) is 0 Å². The van der Waals surface area contributed by atoms with Crippen molar-refractivity contribution in [3.05, 3.63) is 29.8 Å². The van der Waals surface area contributed by atoms with E-state index in [4.69, 9.17) is 0 Å². The van der Waals surface area contributed by atoms with E-state index in [9.17, 15) is 13.9 Å². The summed E-state index contributed by atoms with van der Waals surface area (Å²) in [4.78, 5) is 0. The van der Waals surface area contributed by atoms with Gasteiger partial charge in [0.2, 0.25) is 0 Å². The molecule has 0 radical (unpaired) electrons. The predicted molar refractivity (Wildman–Crippen MR) is 65.8 cm³/mol. The molecule has 2 N–H and O–H groups in total. The number of ether oxygens (including phenoxy) is 1. The zero-order valence-electron chi connectivity index (χ0n) is 10.6. The fourth-order valence-corrected chi connectivity index (χ4v) is 1.54. The van der Waals surface area contributed by atoms with Crippen LogP contribution in [-0.4, -0.2) is 24.4 Å². The molecule has 0 saturated heterocycles. The van der Waals surface area contributed by atoms with Crippen LogP contribution in [0.15, 0.2) is 24.3 Å². The summed E-state index contributed by atoms with van der Waals surface area (Å²) in [5, 5.41) is 12.6. The van der Waals surface area contributed by atoms with Crippen LogP contribution in [0, 0.1) is 0 Å². The Hall–Kier alpha value is -1.20. The van der Waals surface area contributed by atoms with Gasteiger partial charge in [-0.15, -0.1) is 0 Å². The van der Waals surface area contributed by atoms with E-state index < -0.39 is 12.7 Å². The number of aliphatic hydroxyl groups excluding tert-OH is 1. The van der Waals surface area contributed by atoms with Crippen LogP contribution in [0.5, 0.6) is 5.75 Å². The molecule has 0 amide bonds. The summed E-state index contributed by atoms with van der Waals surface area (Å²) in [6.07, 6.45) is 0.279. The molecule has 1 aromatic carbocycles. The highest BCUT2D eigenvalue weighted by Gasteiger charge is 2.10. The SMILES string of the molecule is CC[C@@H](O)CNC(C)c1cccc(OC(F)F)c1. The summed E-state index contributed by atoms with van der Waals surface area (Å²) in [7, 11) is 0. The maximum atomic E-state index is 12.1. The second-order valence-electron chi connectivity index (χ2n) is 4.14. The molecule has 1 aromatic rings. The van der Waals surface area contributed by atoms with Gasteiger partial charge in [0.25, 0.3) is 0 Å². The summed E-state index contributed by atoms with van der Waals surface area (Å²) in [5.41, 5.74) is 0.844. The van der Waals surface area contributed by atoms with E-state index in [0.29, 0.717) is 13.0 Å². The zero-order valence-corrected chi connectivity index (χ0v) is 10.6. The van der Waals surface area contributed by atoms with Gasteiger partial charge in [-0.25, -0.2) is 0 Å². The molecule has 1 rings (SSSR count). The predicted octanol–water partition coefficient (Wildman–Crippen LogP) is 2.71. The molecule has 0 saturated carbocycles. The lowest BCUT2D eigenvalue weighted by molar-refractivity contribution is -0.0499. The third-order valence-corrected chi connectivity index (χ3v) is 2.71. The van der Waals surface area contributed by atoms with Crippen LogP contribution < -0.4 is 10.1 Å². The molecule has 18 heavy (non-hydrogen) atoms. The Morgan fingerprint density at radius 3 is 2.72 bits per heavy atom. The molecule has 0 aliphatic heterocycles. The molecule has 0 bridgehead atoms. The first-order valence-corrected chi connectivity index (χ1v) is 5.99. The number of halogens is 2. The Labute approximate surface area is 106 Å². The number of aliphatic hydroxyl groups is 1. The second-order valence-corrected chi connectivity index (χ2v) is 4.14. The molecule has 0 fully saturated rings. The van der Waals surface area contributed by atoms with Gasteiger partial charge in [0.15, 0.2) is 0 Å². The summed E-state index contributed by atoms with van der Waals surface area (Å²) in [5.74, 6) is 0.146. The standard InChI is InChI=1S/C13H19F2NO2/c1-3-11(17)8-16-9(2)10-5-4-6-12(7-10)18-13(14)15/h4-7,9,11,13,16-17H,3,8H2,1-2H3/t9?,11-/m1/s1. The van der Waals surface area contributed by atoms with Crippen LogP contribution in [0.3, 0.4) is 0 Å². The monoisotopic (exact) mass is 259 g/mol. The van der Waals surface area contributed by atoms with Gasteiger partial charge >= 0.3 is 6.61 Å². The van der Waals surface area contributed by atoms with Gasteiger partial charge in [0.05, 0.1) is 6.10 Å². The third-order valence-electron chi connectivity index (χ3n) is 2.71. The van der Waals surface area contributed by atoms with Crippen molar-refractivity contribution < 1.29 is 18.6 Å². The highest BCUT2D eigenvalue weighted by atomic mass is 19.3. The Morgan fingerprint density at radius 2 is 2.11 bits per heavy atom. The topological polar surface area (TPSA) is 41.5 Å². The lowest BCUT2D eigenvalue weighted by atomic mass is 10.1. The van der Waals surface area contributed by atoms with E-state index in [-0.39, 0.29) is 11.8 Å². The first-order valence-electron chi connectivity index (χ1n) is 5.99. The number of benzene rings is 1. The van der Waals surface area contributed by atoms with Crippen molar-refractivity contribution in [1.82, 2.24) is 5.32 Å². The van der Waals surface area contributed by atoms with E-state index in [0.717, 1.165) is 5.56 Å². The van der Waals surface area contributed by atoms with Crippen molar-refractivity contribution in [2.45, 2.75) is 39.0 Å². The molecule has 0 heterocycles. The molecular formula is C13H19F2NO2. The van der Waals surface area contributed by atoms with Crippen LogP contribution >= 0.6 is 0 Å². The lowest BCUT2D eigenvalue weighted by Gasteiger charge is -2.17. The molecule has 2 atom stereocenters. The molecule has 1 unspecified atom stereocenters. The minimum atomic E-state index is -2.81. The van der Waals surface area contributed by atoms with Crippen molar-refractivity contribution in [2.24, 2.45) is 0 Å². The Bertz CT molecular complexity index is 361. The molecule has 0 aliphatic rings. The molecular weight excluding hydrogens is 240 g/mol. The van der Waals surface area contributed by atoms with E-state index in [1.807, 2.05) is 19.9 Å².